The molecule has 25 heavy (non-hydrogen) atoms. The van der Waals surface area contributed by atoms with Gasteiger partial charge in [-0.1, -0.05) is 12.1 Å². The summed E-state index contributed by atoms with van der Waals surface area (Å²) in [5, 5.41) is 12.7. The molecule has 0 bridgehead atoms. The van der Waals surface area contributed by atoms with Gasteiger partial charge in [0.25, 0.3) is 5.91 Å². The molecule has 2 aromatic rings. The quantitative estimate of drug-likeness (QED) is 0.787. The summed E-state index contributed by atoms with van der Waals surface area (Å²) in [4.78, 5) is 26.6. The Morgan fingerprint density at radius 3 is 2.88 bits per heavy atom. The molecule has 1 fully saturated rings. The Balaban J connectivity index is 1.60. The number of benzene rings is 1. The standard InChI is InChI=1S/C19H20N2O4/c22-14-9-13(10-14)18(12-4-5-16-11(8-12)6-7-25-16)21-19(24)15-2-1-3-17(23)20-15/h1-5,8,13-14,18,22H,6-7,9-10H2,(H,20,23)(H,21,24)/t13?,14?,18-/m1/s1. The van der Waals surface area contributed by atoms with E-state index in [9.17, 15) is 14.7 Å². The van der Waals surface area contributed by atoms with E-state index in [-0.39, 0.29) is 35.2 Å². The Morgan fingerprint density at radius 2 is 2.12 bits per heavy atom. The van der Waals surface area contributed by atoms with Gasteiger partial charge in [-0.25, -0.2) is 0 Å². The Bertz CT molecular complexity index is 854. The van der Waals surface area contributed by atoms with Gasteiger partial charge in [0.2, 0.25) is 5.56 Å². The van der Waals surface area contributed by atoms with E-state index in [0.29, 0.717) is 19.4 Å². The summed E-state index contributed by atoms with van der Waals surface area (Å²) < 4.78 is 5.55. The molecule has 6 nitrogen and oxygen atoms in total. The Labute approximate surface area is 144 Å². The van der Waals surface area contributed by atoms with Crippen molar-refractivity contribution in [2.45, 2.75) is 31.4 Å². The van der Waals surface area contributed by atoms with E-state index < -0.39 is 0 Å². The summed E-state index contributed by atoms with van der Waals surface area (Å²) in [5.41, 5.74) is 2.08. The lowest BCUT2D eigenvalue weighted by molar-refractivity contribution is 0.0234. The van der Waals surface area contributed by atoms with E-state index in [0.717, 1.165) is 23.3 Å². The van der Waals surface area contributed by atoms with Gasteiger partial charge in [-0.2, -0.15) is 0 Å². The van der Waals surface area contributed by atoms with Crippen LogP contribution in [0.1, 0.15) is 40.5 Å². The molecule has 1 aliphatic heterocycles. The summed E-state index contributed by atoms with van der Waals surface area (Å²) in [7, 11) is 0. The second kappa shape index (κ2) is 6.37. The maximum atomic E-state index is 12.6. The molecule has 130 valence electrons. The molecule has 0 unspecified atom stereocenters. The third-order valence-corrected chi connectivity index (χ3v) is 4.99. The molecule has 0 spiro atoms. The second-order valence-electron chi connectivity index (χ2n) is 6.73. The summed E-state index contributed by atoms with van der Waals surface area (Å²) in [5.74, 6) is 0.755. The number of hydrogen-bond acceptors (Lipinski definition) is 4. The highest BCUT2D eigenvalue weighted by atomic mass is 16.5. The molecular weight excluding hydrogens is 320 g/mol. The highest BCUT2D eigenvalue weighted by molar-refractivity contribution is 5.92. The molecule has 6 heteroatoms. The molecule has 1 aliphatic carbocycles. The molecule has 0 radical (unpaired) electrons. The van der Waals surface area contributed by atoms with Gasteiger partial charge in [0.15, 0.2) is 0 Å². The monoisotopic (exact) mass is 340 g/mol. The van der Waals surface area contributed by atoms with E-state index in [1.165, 1.54) is 6.07 Å². The summed E-state index contributed by atoms with van der Waals surface area (Å²) in [6.07, 6.45) is 1.87. The first kappa shape index (κ1) is 15.9. The number of nitrogens with one attached hydrogen (secondary N) is 2. The molecule has 1 aromatic carbocycles. The average molecular weight is 340 g/mol. The predicted molar refractivity (Wildman–Crippen MR) is 91.6 cm³/mol. The van der Waals surface area contributed by atoms with Crippen molar-refractivity contribution in [1.29, 1.82) is 0 Å². The second-order valence-corrected chi connectivity index (χ2v) is 6.73. The van der Waals surface area contributed by atoms with E-state index in [1.54, 1.807) is 12.1 Å². The molecule has 2 aliphatic rings. The van der Waals surface area contributed by atoms with Crippen LogP contribution in [0.5, 0.6) is 5.75 Å². The first-order chi connectivity index (χ1) is 12.1. The maximum absolute atomic E-state index is 12.6. The fourth-order valence-electron chi connectivity index (χ4n) is 3.57. The van der Waals surface area contributed by atoms with Crippen LogP contribution in [0.4, 0.5) is 0 Å². The lowest BCUT2D eigenvalue weighted by Gasteiger charge is -2.38. The fraction of sp³-hybridized carbons (Fsp3) is 0.368. The summed E-state index contributed by atoms with van der Waals surface area (Å²) >= 11 is 0. The van der Waals surface area contributed by atoms with E-state index >= 15 is 0 Å². The third-order valence-electron chi connectivity index (χ3n) is 4.99. The molecular formula is C19H20N2O4. The van der Waals surface area contributed by atoms with Crippen molar-refractivity contribution in [2.24, 2.45) is 5.92 Å². The molecule has 1 amide bonds. The lowest BCUT2D eigenvalue weighted by Crippen LogP contribution is -2.41. The van der Waals surface area contributed by atoms with Crippen LogP contribution in [0, 0.1) is 5.92 Å². The molecule has 1 saturated carbocycles. The largest absolute Gasteiger partial charge is 0.493 e. The van der Waals surface area contributed by atoms with Crippen LogP contribution in [0.3, 0.4) is 0 Å². The number of rotatable bonds is 4. The van der Waals surface area contributed by atoms with Gasteiger partial charge in [-0.05, 0) is 48.1 Å². The summed E-state index contributed by atoms with van der Waals surface area (Å²) in [6.45, 7) is 0.684. The number of carbonyl (C=O) groups excluding carboxylic acids is 1. The van der Waals surface area contributed by atoms with Crippen molar-refractivity contribution in [3.8, 4) is 5.75 Å². The van der Waals surface area contributed by atoms with E-state index in [2.05, 4.69) is 16.4 Å². The van der Waals surface area contributed by atoms with Crippen LogP contribution >= 0.6 is 0 Å². The van der Waals surface area contributed by atoms with E-state index in [1.807, 2.05) is 12.1 Å². The van der Waals surface area contributed by atoms with Gasteiger partial charge in [0.05, 0.1) is 18.8 Å². The highest BCUT2D eigenvalue weighted by Gasteiger charge is 2.36. The third kappa shape index (κ3) is 3.17. The van der Waals surface area contributed by atoms with Crippen molar-refractivity contribution >= 4 is 5.91 Å². The van der Waals surface area contributed by atoms with Crippen LogP contribution in [0.15, 0.2) is 41.2 Å². The van der Waals surface area contributed by atoms with Gasteiger partial charge >= 0.3 is 0 Å². The number of amides is 1. The normalized spacial score (nSPS) is 22.4. The number of pyridine rings is 1. The van der Waals surface area contributed by atoms with Crippen molar-refractivity contribution in [3.05, 3.63) is 63.6 Å². The van der Waals surface area contributed by atoms with Crippen LogP contribution in [0.25, 0.3) is 0 Å². The average Bonchev–Trinajstić information content (AvgIpc) is 3.04. The zero-order valence-electron chi connectivity index (χ0n) is 13.7. The van der Waals surface area contributed by atoms with Crippen molar-refractivity contribution < 1.29 is 14.6 Å². The first-order valence-corrected chi connectivity index (χ1v) is 8.54. The van der Waals surface area contributed by atoms with Crippen LogP contribution < -0.4 is 15.6 Å². The Kier molecular flexibility index (Phi) is 4.05. The number of aromatic amines is 1. The Hall–Kier alpha value is -2.60. The van der Waals surface area contributed by atoms with Gasteiger partial charge in [0, 0.05) is 12.5 Å². The molecule has 1 atom stereocenters. The number of aromatic nitrogens is 1. The SMILES string of the molecule is O=C(N[C@H](c1ccc2c(c1)CCO2)C1CC(O)C1)c1cccc(=O)[nH]1. The van der Waals surface area contributed by atoms with Crippen LogP contribution in [-0.2, 0) is 6.42 Å². The smallest absolute Gasteiger partial charge is 0.268 e. The molecule has 2 heterocycles. The molecule has 0 saturated heterocycles. The predicted octanol–water partition coefficient (Wildman–Crippen LogP) is 1.55. The summed E-state index contributed by atoms with van der Waals surface area (Å²) in [6, 6.07) is 10.3. The van der Waals surface area contributed by atoms with Crippen LogP contribution in [-0.4, -0.2) is 28.7 Å². The van der Waals surface area contributed by atoms with Gasteiger partial charge in [-0.3, -0.25) is 9.59 Å². The maximum Gasteiger partial charge on any atom is 0.268 e. The van der Waals surface area contributed by atoms with Crippen molar-refractivity contribution in [1.82, 2.24) is 10.3 Å². The van der Waals surface area contributed by atoms with E-state index in [4.69, 9.17) is 4.74 Å². The topological polar surface area (TPSA) is 91.4 Å². The van der Waals surface area contributed by atoms with Crippen molar-refractivity contribution in [2.75, 3.05) is 6.61 Å². The fourth-order valence-corrected chi connectivity index (χ4v) is 3.57. The van der Waals surface area contributed by atoms with Gasteiger partial charge < -0.3 is 20.1 Å². The number of aliphatic hydroxyl groups excluding tert-OH is 1. The number of fused-ring (bicyclic) bond motifs is 1. The molecule has 3 N–H and O–H groups in total. The minimum Gasteiger partial charge on any atom is -0.493 e. The van der Waals surface area contributed by atoms with Gasteiger partial charge in [0.1, 0.15) is 11.4 Å². The number of H-pyrrole nitrogens is 1. The number of hydrogen-bond donors (Lipinski definition) is 3. The lowest BCUT2D eigenvalue weighted by atomic mass is 9.74. The van der Waals surface area contributed by atoms with Crippen LogP contribution in [0.2, 0.25) is 0 Å². The van der Waals surface area contributed by atoms with Gasteiger partial charge in [-0.15, -0.1) is 0 Å². The molecule has 4 rings (SSSR count). The zero-order chi connectivity index (χ0) is 17.4. The first-order valence-electron chi connectivity index (χ1n) is 8.54. The zero-order valence-corrected chi connectivity index (χ0v) is 13.7. The number of ether oxygens (including phenoxy) is 1. The minimum absolute atomic E-state index is 0.176. The number of carbonyl (C=O) groups is 1. The highest BCUT2D eigenvalue weighted by Crippen LogP contribution is 2.39. The van der Waals surface area contributed by atoms with Crippen molar-refractivity contribution in [3.63, 3.8) is 0 Å². The number of aliphatic hydroxyl groups is 1. The Morgan fingerprint density at radius 1 is 1.28 bits per heavy atom. The minimum atomic E-state index is -0.319. The molecule has 1 aromatic heterocycles.